The summed E-state index contributed by atoms with van der Waals surface area (Å²) in [7, 11) is 0. The summed E-state index contributed by atoms with van der Waals surface area (Å²) in [6.45, 7) is 3.86. The SMILES string of the molecule is CCOC(=O)C1=C(C)N(c2ccc(F)cc2)C(=S)NC1c1ccccc1. The molecule has 1 unspecified atom stereocenters. The number of esters is 1. The second-order valence-corrected chi connectivity index (χ2v) is 6.21. The van der Waals surface area contributed by atoms with Gasteiger partial charge in [-0.2, -0.15) is 0 Å². The lowest BCUT2D eigenvalue weighted by molar-refractivity contribution is -0.139. The monoisotopic (exact) mass is 370 g/mol. The summed E-state index contributed by atoms with van der Waals surface area (Å²) in [5.74, 6) is -0.736. The quantitative estimate of drug-likeness (QED) is 0.648. The molecule has 0 radical (unpaired) electrons. The van der Waals surface area contributed by atoms with Crippen LogP contribution < -0.4 is 10.2 Å². The fraction of sp³-hybridized carbons (Fsp3) is 0.200. The number of halogens is 1. The molecule has 0 aromatic heterocycles. The molecule has 2 aromatic carbocycles. The van der Waals surface area contributed by atoms with Crippen molar-refractivity contribution in [3.63, 3.8) is 0 Å². The van der Waals surface area contributed by atoms with Crippen LogP contribution in [0.25, 0.3) is 0 Å². The Morgan fingerprint density at radius 1 is 1.19 bits per heavy atom. The fourth-order valence-corrected chi connectivity index (χ4v) is 3.37. The van der Waals surface area contributed by atoms with Gasteiger partial charge in [-0.15, -0.1) is 0 Å². The Bertz CT molecular complexity index is 850. The molecule has 1 N–H and O–H groups in total. The first-order valence-electron chi connectivity index (χ1n) is 8.32. The number of nitrogens with one attached hydrogen (secondary N) is 1. The number of benzene rings is 2. The standard InChI is InChI=1S/C20H19FN2O2S/c1-3-25-19(24)17-13(2)23(16-11-9-15(21)10-12-16)20(26)22-18(17)14-7-5-4-6-8-14/h4-12,18H,3H2,1-2H3,(H,22,26). The molecule has 4 nitrogen and oxygen atoms in total. The highest BCUT2D eigenvalue weighted by Gasteiger charge is 2.35. The van der Waals surface area contributed by atoms with Crippen LogP contribution in [-0.2, 0) is 9.53 Å². The van der Waals surface area contributed by atoms with Crippen LogP contribution in [0.4, 0.5) is 10.1 Å². The van der Waals surface area contributed by atoms with Crippen LogP contribution >= 0.6 is 12.2 Å². The van der Waals surface area contributed by atoms with Crippen LogP contribution in [0.2, 0.25) is 0 Å². The maximum Gasteiger partial charge on any atom is 0.338 e. The Balaban J connectivity index is 2.11. The summed E-state index contributed by atoms with van der Waals surface area (Å²) in [5.41, 5.74) is 2.73. The van der Waals surface area contributed by atoms with Crippen LogP contribution in [0.15, 0.2) is 65.9 Å². The first-order valence-corrected chi connectivity index (χ1v) is 8.72. The van der Waals surface area contributed by atoms with E-state index >= 15 is 0 Å². The number of thiocarbonyl (C=S) groups is 1. The van der Waals surface area contributed by atoms with Gasteiger partial charge >= 0.3 is 5.97 Å². The van der Waals surface area contributed by atoms with Crippen molar-refractivity contribution in [1.82, 2.24) is 5.32 Å². The molecule has 1 atom stereocenters. The third kappa shape index (κ3) is 3.46. The van der Waals surface area contributed by atoms with Crippen LogP contribution in [0.5, 0.6) is 0 Å². The zero-order chi connectivity index (χ0) is 18.7. The third-order valence-electron chi connectivity index (χ3n) is 4.20. The molecule has 3 rings (SSSR count). The zero-order valence-corrected chi connectivity index (χ0v) is 15.3. The number of ether oxygens (including phenoxy) is 1. The maximum absolute atomic E-state index is 13.3. The van der Waals surface area contributed by atoms with Gasteiger partial charge in [0.1, 0.15) is 5.82 Å². The molecule has 1 heterocycles. The molecule has 26 heavy (non-hydrogen) atoms. The van der Waals surface area contributed by atoms with E-state index < -0.39 is 12.0 Å². The number of carbonyl (C=O) groups is 1. The number of hydrogen-bond donors (Lipinski definition) is 1. The summed E-state index contributed by atoms with van der Waals surface area (Å²) in [4.78, 5) is 14.4. The minimum Gasteiger partial charge on any atom is -0.463 e. The number of rotatable bonds is 4. The second kappa shape index (κ2) is 7.66. The molecule has 0 amide bonds. The van der Waals surface area contributed by atoms with E-state index in [-0.39, 0.29) is 12.4 Å². The van der Waals surface area contributed by atoms with E-state index in [9.17, 15) is 9.18 Å². The number of allylic oxidation sites excluding steroid dienone is 1. The van der Waals surface area contributed by atoms with Crippen molar-refractivity contribution in [2.45, 2.75) is 19.9 Å². The van der Waals surface area contributed by atoms with E-state index in [4.69, 9.17) is 17.0 Å². The molecule has 1 aliphatic heterocycles. The minimum absolute atomic E-state index is 0.276. The molecule has 1 aliphatic rings. The van der Waals surface area contributed by atoms with Crippen molar-refractivity contribution in [1.29, 1.82) is 0 Å². The Hall–Kier alpha value is -2.73. The summed E-state index contributed by atoms with van der Waals surface area (Å²) in [6.07, 6.45) is 0. The van der Waals surface area contributed by atoms with Crippen molar-refractivity contribution < 1.29 is 13.9 Å². The first kappa shape index (κ1) is 18.1. The van der Waals surface area contributed by atoms with Gasteiger partial charge < -0.3 is 10.1 Å². The highest BCUT2D eigenvalue weighted by molar-refractivity contribution is 7.80. The van der Waals surface area contributed by atoms with Crippen molar-refractivity contribution in [2.24, 2.45) is 0 Å². The van der Waals surface area contributed by atoms with Crippen molar-refractivity contribution in [3.8, 4) is 0 Å². The lowest BCUT2D eigenvalue weighted by Crippen LogP contribution is -2.48. The number of nitrogens with zero attached hydrogens (tertiary/aromatic N) is 1. The molecule has 2 aromatic rings. The van der Waals surface area contributed by atoms with E-state index in [0.717, 1.165) is 5.56 Å². The molecular formula is C20H19FN2O2S. The predicted molar refractivity (Wildman–Crippen MR) is 103 cm³/mol. The Labute approximate surface area is 157 Å². The molecule has 0 aliphatic carbocycles. The summed E-state index contributed by atoms with van der Waals surface area (Å²) in [5, 5.41) is 3.66. The van der Waals surface area contributed by atoms with Gasteiger partial charge in [0.05, 0.1) is 18.2 Å². The topological polar surface area (TPSA) is 41.6 Å². The molecule has 134 valence electrons. The van der Waals surface area contributed by atoms with Gasteiger partial charge in [0.15, 0.2) is 5.11 Å². The minimum atomic E-state index is -0.403. The first-order chi connectivity index (χ1) is 12.5. The summed E-state index contributed by atoms with van der Waals surface area (Å²) in [6, 6.07) is 15.2. The molecule has 6 heteroatoms. The fourth-order valence-electron chi connectivity index (χ4n) is 3.01. The molecular weight excluding hydrogens is 351 g/mol. The Morgan fingerprint density at radius 3 is 2.46 bits per heavy atom. The van der Waals surface area contributed by atoms with E-state index in [1.54, 1.807) is 24.0 Å². The smallest absolute Gasteiger partial charge is 0.338 e. The molecule has 0 bridgehead atoms. The lowest BCUT2D eigenvalue weighted by atomic mass is 9.95. The van der Waals surface area contributed by atoms with Crippen LogP contribution in [0.3, 0.4) is 0 Å². The van der Waals surface area contributed by atoms with E-state index in [1.165, 1.54) is 12.1 Å². The average Bonchev–Trinajstić information content (AvgIpc) is 2.63. The van der Waals surface area contributed by atoms with E-state index in [1.807, 2.05) is 37.3 Å². The van der Waals surface area contributed by atoms with Gasteiger partial charge in [-0.3, -0.25) is 4.90 Å². The van der Waals surface area contributed by atoms with Gasteiger partial charge in [0, 0.05) is 11.4 Å². The average molecular weight is 370 g/mol. The van der Waals surface area contributed by atoms with Crippen LogP contribution in [0, 0.1) is 5.82 Å². The maximum atomic E-state index is 13.3. The molecule has 0 spiro atoms. The van der Waals surface area contributed by atoms with Crippen molar-refractivity contribution >= 4 is 29.0 Å². The van der Waals surface area contributed by atoms with Gasteiger partial charge in [0.2, 0.25) is 0 Å². The van der Waals surface area contributed by atoms with Gasteiger partial charge in [0.25, 0.3) is 0 Å². The Morgan fingerprint density at radius 2 is 1.85 bits per heavy atom. The second-order valence-electron chi connectivity index (χ2n) is 5.82. The van der Waals surface area contributed by atoms with Crippen molar-refractivity contribution in [3.05, 3.63) is 77.2 Å². The third-order valence-corrected chi connectivity index (χ3v) is 4.50. The highest BCUT2D eigenvalue weighted by atomic mass is 32.1. The van der Waals surface area contributed by atoms with Crippen molar-refractivity contribution in [2.75, 3.05) is 11.5 Å². The van der Waals surface area contributed by atoms with E-state index in [2.05, 4.69) is 5.32 Å². The zero-order valence-electron chi connectivity index (χ0n) is 14.5. The van der Waals surface area contributed by atoms with Gasteiger partial charge in [-0.1, -0.05) is 30.3 Å². The number of hydrogen-bond acceptors (Lipinski definition) is 3. The molecule has 0 saturated carbocycles. The highest BCUT2D eigenvalue weighted by Crippen LogP contribution is 2.34. The summed E-state index contributed by atoms with van der Waals surface area (Å²) >= 11 is 5.54. The predicted octanol–water partition coefficient (Wildman–Crippen LogP) is 4.10. The lowest BCUT2D eigenvalue weighted by Gasteiger charge is -2.37. The van der Waals surface area contributed by atoms with Crippen LogP contribution in [-0.4, -0.2) is 17.7 Å². The van der Waals surface area contributed by atoms with Gasteiger partial charge in [-0.05, 0) is 55.9 Å². The molecule has 0 fully saturated rings. The number of anilines is 1. The largest absolute Gasteiger partial charge is 0.463 e. The van der Waals surface area contributed by atoms with Crippen LogP contribution in [0.1, 0.15) is 25.5 Å². The number of carbonyl (C=O) groups excluding carboxylic acids is 1. The Kier molecular flexibility index (Phi) is 5.32. The summed E-state index contributed by atoms with van der Waals surface area (Å²) < 4.78 is 18.6. The van der Waals surface area contributed by atoms with E-state index in [0.29, 0.717) is 22.1 Å². The molecule has 0 saturated heterocycles. The normalized spacial score (nSPS) is 17.1. The van der Waals surface area contributed by atoms with Gasteiger partial charge in [-0.25, -0.2) is 9.18 Å².